The van der Waals surface area contributed by atoms with Crippen molar-refractivity contribution in [2.75, 3.05) is 66.1 Å². The van der Waals surface area contributed by atoms with Crippen molar-refractivity contribution in [2.24, 2.45) is 22.3 Å². The molecule has 0 aromatic rings. The Morgan fingerprint density at radius 3 is 1.07 bits per heavy atom. The molecule has 0 rings (SSSR count). The van der Waals surface area contributed by atoms with Gasteiger partial charge in [0.1, 0.15) is 0 Å². The van der Waals surface area contributed by atoms with E-state index in [-0.39, 0.29) is 22.9 Å². The highest BCUT2D eigenvalue weighted by Gasteiger charge is 2.21. The topological polar surface area (TPSA) is 98.2 Å². The molecule has 0 aromatic heterocycles. The Balaban J connectivity index is 3.21. The van der Waals surface area contributed by atoms with Gasteiger partial charge in [-0.05, 0) is 23.7 Å². The average molecular weight is 421 g/mol. The maximum Gasteiger partial charge on any atom is 0.0701 e. The van der Waals surface area contributed by atoms with Gasteiger partial charge < -0.3 is 35.2 Å². The first-order chi connectivity index (χ1) is 13.5. The molecule has 0 spiro atoms. The Morgan fingerprint density at radius 1 is 0.483 bits per heavy atom. The SMILES string of the molecule is CC(C)(C)C(N)COCCOCCCOCCCOCCOCC(N)C(C)(C)C. The molecule has 0 aliphatic rings. The number of hydrogen-bond donors (Lipinski definition) is 2. The van der Waals surface area contributed by atoms with E-state index in [1.165, 1.54) is 0 Å². The van der Waals surface area contributed by atoms with E-state index in [1.54, 1.807) is 0 Å². The quantitative estimate of drug-likeness (QED) is 0.329. The lowest BCUT2D eigenvalue weighted by atomic mass is 9.88. The molecule has 7 nitrogen and oxygen atoms in total. The van der Waals surface area contributed by atoms with Crippen LogP contribution in [-0.2, 0) is 23.7 Å². The average Bonchev–Trinajstić information content (AvgIpc) is 2.62. The van der Waals surface area contributed by atoms with Crippen LogP contribution < -0.4 is 11.5 Å². The molecule has 29 heavy (non-hydrogen) atoms. The summed E-state index contributed by atoms with van der Waals surface area (Å²) in [7, 11) is 0. The fourth-order valence-electron chi connectivity index (χ4n) is 1.99. The molecular weight excluding hydrogens is 372 g/mol. The number of rotatable bonds is 18. The molecule has 0 aromatic carbocycles. The zero-order chi connectivity index (χ0) is 22.2. The molecule has 0 saturated heterocycles. The van der Waals surface area contributed by atoms with Crippen LogP contribution in [0.15, 0.2) is 0 Å². The summed E-state index contributed by atoms with van der Waals surface area (Å²) in [6, 6.07) is 0.0818. The van der Waals surface area contributed by atoms with Crippen molar-refractivity contribution in [1.82, 2.24) is 0 Å². The summed E-state index contributed by atoms with van der Waals surface area (Å²) in [6.07, 6.45) is 1.76. The van der Waals surface area contributed by atoms with Gasteiger partial charge in [-0.1, -0.05) is 41.5 Å². The first kappa shape index (κ1) is 28.7. The van der Waals surface area contributed by atoms with Gasteiger partial charge in [0, 0.05) is 38.5 Å². The zero-order valence-electron chi connectivity index (χ0n) is 19.8. The van der Waals surface area contributed by atoms with Gasteiger partial charge >= 0.3 is 0 Å². The molecule has 0 aliphatic carbocycles. The summed E-state index contributed by atoms with van der Waals surface area (Å²) >= 11 is 0. The third-order valence-corrected chi connectivity index (χ3v) is 4.72. The molecule has 0 heterocycles. The van der Waals surface area contributed by atoms with Gasteiger partial charge in [0.2, 0.25) is 0 Å². The fourth-order valence-corrected chi connectivity index (χ4v) is 1.99. The summed E-state index contributed by atoms with van der Waals surface area (Å²) in [4.78, 5) is 0. The molecule has 176 valence electrons. The second-order valence-corrected chi connectivity index (χ2v) is 9.64. The number of ether oxygens (including phenoxy) is 5. The van der Waals surface area contributed by atoms with Gasteiger partial charge in [-0.3, -0.25) is 0 Å². The molecule has 0 saturated carbocycles. The maximum atomic E-state index is 6.03. The van der Waals surface area contributed by atoms with Crippen LogP contribution in [-0.4, -0.2) is 78.2 Å². The van der Waals surface area contributed by atoms with Gasteiger partial charge in [-0.25, -0.2) is 0 Å². The second kappa shape index (κ2) is 16.4. The molecule has 0 radical (unpaired) electrons. The largest absolute Gasteiger partial charge is 0.381 e. The third kappa shape index (κ3) is 18.2. The van der Waals surface area contributed by atoms with E-state index in [0.717, 1.165) is 12.8 Å². The van der Waals surface area contributed by atoms with Crippen LogP contribution in [0.2, 0.25) is 0 Å². The molecule has 0 fully saturated rings. The third-order valence-electron chi connectivity index (χ3n) is 4.72. The van der Waals surface area contributed by atoms with Crippen LogP contribution in [0.25, 0.3) is 0 Å². The first-order valence-electron chi connectivity index (χ1n) is 10.9. The zero-order valence-corrected chi connectivity index (χ0v) is 19.8. The van der Waals surface area contributed by atoms with Crippen LogP contribution in [0.4, 0.5) is 0 Å². The van der Waals surface area contributed by atoms with Crippen LogP contribution in [0.5, 0.6) is 0 Å². The van der Waals surface area contributed by atoms with Crippen molar-refractivity contribution in [3.8, 4) is 0 Å². The van der Waals surface area contributed by atoms with Crippen LogP contribution >= 0.6 is 0 Å². The highest BCUT2D eigenvalue weighted by atomic mass is 16.5. The van der Waals surface area contributed by atoms with E-state index < -0.39 is 0 Å². The van der Waals surface area contributed by atoms with E-state index in [9.17, 15) is 0 Å². The summed E-state index contributed by atoms with van der Waals surface area (Å²) < 4.78 is 27.7. The lowest BCUT2D eigenvalue weighted by Gasteiger charge is -2.26. The van der Waals surface area contributed by atoms with Crippen molar-refractivity contribution < 1.29 is 23.7 Å². The molecule has 0 aliphatic heterocycles. The summed E-state index contributed by atoms with van der Waals surface area (Å²) in [5.41, 5.74) is 12.2. The predicted octanol–water partition coefficient (Wildman–Crippen LogP) is 2.60. The molecule has 2 unspecified atom stereocenters. The number of hydrogen-bond acceptors (Lipinski definition) is 7. The van der Waals surface area contributed by atoms with Gasteiger partial charge in [0.05, 0.1) is 39.6 Å². The highest BCUT2D eigenvalue weighted by molar-refractivity contribution is 4.76. The monoisotopic (exact) mass is 420 g/mol. The van der Waals surface area contributed by atoms with Gasteiger partial charge in [-0.2, -0.15) is 0 Å². The van der Waals surface area contributed by atoms with Crippen molar-refractivity contribution in [3.63, 3.8) is 0 Å². The summed E-state index contributed by atoms with van der Waals surface area (Å²) in [5.74, 6) is 0. The van der Waals surface area contributed by atoms with E-state index in [0.29, 0.717) is 66.1 Å². The summed E-state index contributed by atoms with van der Waals surface area (Å²) in [6.45, 7) is 18.9. The standard InChI is InChI=1S/C22H48N2O5/c1-21(2,3)19(23)17-28-15-13-26-11-7-9-25-10-8-12-27-14-16-29-18-20(24)22(4,5)6/h19-20H,7-18,23-24H2,1-6H3. The van der Waals surface area contributed by atoms with Crippen molar-refractivity contribution >= 4 is 0 Å². The Hall–Kier alpha value is -0.280. The predicted molar refractivity (Wildman–Crippen MR) is 118 cm³/mol. The summed E-state index contributed by atoms with van der Waals surface area (Å²) in [5, 5.41) is 0. The second-order valence-electron chi connectivity index (χ2n) is 9.64. The fraction of sp³-hybridized carbons (Fsp3) is 1.00. The molecule has 2 atom stereocenters. The maximum absolute atomic E-state index is 6.03. The minimum absolute atomic E-state index is 0.0409. The van der Waals surface area contributed by atoms with Crippen LogP contribution in [0, 0.1) is 10.8 Å². The van der Waals surface area contributed by atoms with Crippen molar-refractivity contribution in [2.45, 2.75) is 66.5 Å². The normalized spacial score (nSPS) is 14.9. The van der Waals surface area contributed by atoms with Gasteiger partial charge in [-0.15, -0.1) is 0 Å². The van der Waals surface area contributed by atoms with E-state index in [2.05, 4.69) is 41.5 Å². The molecule has 7 heteroatoms. The highest BCUT2D eigenvalue weighted by Crippen LogP contribution is 2.17. The van der Waals surface area contributed by atoms with E-state index in [4.69, 9.17) is 35.2 Å². The molecule has 0 amide bonds. The molecule has 0 bridgehead atoms. The van der Waals surface area contributed by atoms with Crippen LogP contribution in [0.1, 0.15) is 54.4 Å². The van der Waals surface area contributed by atoms with Gasteiger partial charge in [0.15, 0.2) is 0 Å². The van der Waals surface area contributed by atoms with Crippen LogP contribution in [0.3, 0.4) is 0 Å². The Kier molecular flexibility index (Phi) is 16.3. The van der Waals surface area contributed by atoms with Gasteiger partial charge in [0.25, 0.3) is 0 Å². The Labute approximate surface area is 179 Å². The minimum Gasteiger partial charge on any atom is -0.381 e. The smallest absolute Gasteiger partial charge is 0.0701 e. The molecule has 4 N–H and O–H groups in total. The van der Waals surface area contributed by atoms with Crippen molar-refractivity contribution in [1.29, 1.82) is 0 Å². The Bertz CT molecular complexity index is 335. The molecular formula is C22H48N2O5. The number of nitrogens with two attached hydrogens (primary N) is 2. The first-order valence-corrected chi connectivity index (χ1v) is 10.9. The van der Waals surface area contributed by atoms with E-state index in [1.807, 2.05) is 0 Å². The van der Waals surface area contributed by atoms with Crippen molar-refractivity contribution in [3.05, 3.63) is 0 Å². The lowest BCUT2D eigenvalue weighted by Crippen LogP contribution is -2.39. The van der Waals surface area contributed by atoms with E-state index >= 15 is 0 Å². The lowest BCUT2D eigenvalue weighted by molar-refractivity contribution is 0.0152. The Morgan fingerprint density at radius 2 is 0.759 bits per heavy atom. The minimum atomic E-state index is 0.0409.